The van der Waals surface area contributed by atoms with E-state index in [9.17, 15) is 4.39 Å². The maximum absolute atomic E-state index is 13.8. The molecule has 1 aliphatic heterocycles. The van der Waals surface area contributed by atoms with Gasteiger partial charge in [0.1, 0.15) is 5.82 Å². The minimum atomic E-state index is -0.259. The molecule has 0 aromatic heterocycles. The maximum Gasteiger partial charge on any atom is 0.129 e. The molecule has 1 aromatic carbocycles. The summed E-state index contributed by atoms with van der Waals surface area (Å²) in [6.07, 6.45) is 4.93. The van der Waals surface area contributed by atoms with E-state index < -0.39 is 0 Å². The molecule has 18 heavy (non-hydrogen) atoms. The first kappa shape index (κ1) is 13.0. The smallest absolute Gasteiger partial charge is 0.129 e. The third kappa shape index (κ3) is 3.08. The first-order valence-corrected chi connectivity index (χ1v) is 6.63. The topological polar surface area (TPSA) is 27.0 Å². The lowest BCUT2D eigenvalue weighted by molar-refractivity contribution is 0.202. The molecule has 1 heterocycles. The zero-order valence-electron chi connectivity index (χ0n) is 10.8. The summed E-state index contributed by atoms with van der Waals surface area (Å²) in [5.74, 6) is -0.259. The summed E-state index contributed by atoms with van der Waals surface area (Å²) < 4.78 is 13.8. The summed E-state index contributed by atoms with van der Waals surface area (Å²) in [6, 6.07) is 7.25. The van der Waals surface area contributed by atoms with E-state index in [0.717, 1.165) is 6.54 Å². The van der Waals surface area contributed by atoms with Gasteiger partial charge in [0.15, 0.2) is 0 Å². The van der Waals surface area contributed by atoms with Crippen molar-refractivity contribution in [3.05, 3.63) is 35.1 Å². The van der Waals surface area contributed by atoms with Gasteiger partial charge in [-0.25, -0.2) is 4.39 Å². The van der Waals surface area contributed by atoms with Crippen molar-refractivity contribution in [2.24, 2.45) is 0 Å². The third-order valence-electron chi connectivity index (χ3n) is 3.75. The van der Waals surface area contributed by atoms with Gasteiger partial charge in [-0.15, -0.1) is 0 Å². The zero-order chi connectivity index (χ0) is 13.0. The minimum Gasteiger partial charge on any atom is -0.296 e. The SMILES string of the molecule is CC1CCCCCN1Cc1ccc(C#N)cc1F. The van der Waals surface area contributed by atoms with Crippen LogP contribution in [0.15, 0.2) is 18.2 Å². The summed E-state index contributed by atoms with van der Waals surface area (Å²) in [4.78, 5) is 2.34. The molecule has 3 heteroatoms. The Hall–Kier alpha value is -1.40. The van der Waals surface area contributed by atoms with E-state index >= 15 is 0 Å². The van der Waals surface area contributed by atoms with Gasteiger partial charge in [0.2, 0.25) is 0 Å². The standard InChI is InChI=1S/C15H19FN2/c1-12-5-3-2-4-8-18(12)11-14-7-6-13(10-17)9-15(14)16/h6-7,9,12H,2-5,8,11H2,1H3. The molecule has 0 aliphatic carbocycles. The molecular formula is C15H19FN2. The summed E-state index contributed by atoms with van der Waals surface area (Å²) in [6.45, 7) is 3.91. The highest BCUT2D eigenvalue weighted by Gasteiger charge is 2.18. The van der Waals surface area contributed by atoms with Crippen molar-refractivity contribution in [1.82, 2.24) is 4.90 Å². The summed E-state index contributed by atoms with van der Waals surface area (Å²) in [5, 5.41) is 8.73. The molecule has 0 spiro atoms. The van der Waals surface area contributed by atoms with Gasteiger partial charge in [0.25, 0.3) is 0 Å². The van der Waals surface area contributed by atoms with Gasteiger partial charge in [0.05, 0.1) is 11.6 Å². The van der Waals surface area contributed by atoms with Crippen molar-refractivity contribution in [3.63, 3.8) is 0 Å². The molecule has 2 nitrogen and oxygen atoms in total. The van der Waals surface area contributed by atoms with Gasteiger partial charge < -0.3 is 0 Å². The quantitative estimate of drug-likeness (QED) is 0.799. The number of benzene rings is 1. The molecular weight excluding hydrogens is 227 g/mol. The van der Waals surface area contributed by atoms with Gasteiger partial charge >= 0.3 is 0 Å². The van der Waals surface area contributed by atoms with Crippen LogP contribution < -0.4 is 0 Å². The third-order valence-corrected chi connectivity index (χ3v) is 3.75. The van der Waals surface area contributed by atoms with Gasteiger partial charge in [-0.3, -0.25) is 4.90 Å². The van der Waals surface area contributed by atoms with Crippen LogP contribution in [0.3, 0.4) is 0 Å². The molecule has 96 valence electrons. The van der Waals surface area contributed by atoms with E-state index in [-0.39, 0.29) is 5.82 Å². The molecule has 0 N–H and O–H groups in total. The average molecular weight is 246 g/mol. The van der Waals surface area contributed by atoms with Crippen LogP contribution in [-0.4, -0.2) is 17.5 Å². The van der Waals surface area contributed by atoms with Crippen LogP contribution in [0.1, 0.15) is 43.7 Å². The Balaban J connectivity index is 2.10. The lowest BCUT2D eigenvalue weighted by Crippen LogP contribution is -2.32. The van der Waals surface area contributed by atoms with Crippen LogP contribution in [0.4, 0.5) is 4.39 Å². The second-order valence-corrected chi connectivity index (χ2v) is 5.09. The van der Waals surface area contributed by atoms with Crippen molar-refractivity contribution in [2.45, 2.75) is 45.2 Å². The number of nitrogens with zero attached hydrogens (tertiary/aromatic N) is 2. The van der Waals surface area contributed by atoms with Crippen LogP contribution in [0.5, 0.6) is 0 Å². The van der Waals surface area contributed by atoms with Crippen LogP contribution in [-0.2, 0) is 6.54 Å². The first-order chi connectivity index (χ1) is 8.70. The van der Waals surface area contributed by atoms with Crippen molar-refractivity contribution in [2.75, 3.05) is 6.54 Å². The summed E-state index contributed by atoms with van der Waals surface area (Å²) in [7, 11) is 0. The van der Waals surface area contributed by atoms with E-state index in [4.69, 9.17) is 5.26 Å². The second kappa shape index (κ2) is 5.97. The monoisotopic (exact) mass is 246 g/mol. The number of hydrogen-bond acceptors (Lipinski definition) is 2. The molecule has 1 atom stereocenters. The Morgan fingerprint density at radius 3 is 2.94 bits per heavy atom. The highest BCUT2D eigenvalue weighted by Crippen LogP contribution is 2.20. The van der Waals surface area contributed by atoms with Crippen molar-refractivity contribution >= 4 is 0 Å². The molecule has 1 unspecified atom stereocenters. The molecule has 1 saturated heterocycles. The molecule has 0 bridgehead atoms. The Bertz CT molecular complexity index is 450. The molecule has 0 radical (unpaired) electrons. The summed E-state index contributed by atoms with van der Waals surface area (Å²) in [5.41, 5.74) is 1.09. The molecule has 2 rings (SSSR count). The number of rotatable bonds is 2. The predicted octanol–water partition coefficient (Wildman–Crippen LogP) is 3.46. The van der Waals surface area contributed by atoms with E-state index in [2.05, 4.69) is 11.8 Å². The maximum atomic E-state index is 13.8. The van der Waals surface area contributed by atoms with Crippen molar-refractivity contribution < 1.29 is 4.39 Å². The fraction of sp³-hybridized carbons (Fsp3) is 0.533. The van der Waals surface area contributed by atoms with Gasteiger partial charge in [-0.1, -0.05) is 18.9 Å². The van der Waals surface area contributed by atoms with Gasteiger partial charge in [-0.2, -0.15) is 5.26 Å². The molecule has 1 fully saturated rings. The lowest BCUT2D eigenvalue weighted by atomic mass is 10.1. The van der Waals surface area contributed by atoms with Crippen molar-refractivity contribution in [1.29, 1.82) is 5.26 Å². The van der Waals surface area contributed by atoms with Crippen molar-refractivity contribution in [3.8, 4) is 6.07 Å². The van der Waals surface area contributed by atoms with E-state index in [1.807, 2.05) is 6.07 Å². The number of hydrogen-bond donors (Lipinski definition) is 0. The van der Waals surface area contributed by atoms with Crippen LogP contribution in [0, 0.1) is 17.1 Å². The Morgan fingerprint density at radius 2 is 2.22 bits per heavy atom. The Kier molecular flexibility index (Phi) is 4.33. The largest absolute Gasteiger partial charge is 0.296 e. The number of halogens is 1. The van der Waals surface area contributed by atoms with E-state index in [1.165, 1.54) is 31.7 Å². The summed E-state index contributed by atoms with van der Waals surface area (Å²) >= 11 is 0. The predicted molar refractivity (Wildman–Crippen MR) is 69.5 cm³/mol. The molecule has 1 aliphatic rings. The van der Waals surface area contributed by atoms with Crippen LogP contribution >= 0.6 is 0 Å². The molecule has 1 aromatic rings. The first-order valence-electron chi connectivity index (χ1n) is 6.63. The average Bonchev–Trinajstić information content (AvgIpc) is 2.57. The fourth-order valence-corrected chi connectivity index (χ4v) is 2.53. The normalized spacial score (nSPS) is 21.3. The van der Waals surface area contributed by atoms with E-state index in [0.29, 0.717) is 23.7 Å². The lowest BCUT2D eigenvalue weighted by Gasteiger charge is -2.27. The highest BCUT2D eigenvalue weighted by molar-refractivity contribution is 5.32. The fourth-order valence-electron chi connectivity index (χ4n) is 2.53. The second-order valence-electron chi connectivity index (χ2n) is 5.09. The van der Waals surface area contributed by atoms with Crippen LogP contribution in [0.2, 0.25) is 0 Å². The molecule has 0 saturated carbocycles. The van der Waals surface area contributed by atoms with E-state index in [1.54, 1.807) is 12.1 Å². The van der Waals surface area contributed by atoms with Gasteiger partial charge in [-0.05, 0) is 38.4 Å². The number of likely N-dealkylation sites (tertiary alicyclic amines) is 1. The Morgan fingerprint density at radius 1 is 1.39 bits per heavy atom. The number of nitriles is 1. The zero-order valence-corrected chi connectivity index (χ0v) is 10.8. The highest BCUT2D eigenvalue weighted by atomic mass is 19.1. The van der Waals surface area contributed by atoms with Gasteiger partial charge in [0, 0.05) is 18.2 Å². The van der Waals surface area contributed by atoms with Crippen LogP contribution in [0.25, 0.3) is 0 Å². The minimum absolute atomic E-state index is 0.259. The Labute approximate surface area is 108 Å². The molecule has 0 amide bonds.